The molecule has 1 unspecified atom stereocenters. The van der Waals surface area contributed by atoms with Crippen LogP contribution < -0.4 is 10.6 Å². The number of hydrogen-bond acceptors (Lipinski definition) is 3. The van der Waals surface area contributed by atoms with Gasteiger partial charge in [0.25, 0.3) is 5.91 Å². The molecule has 0 saturated heterocycles. The van der Waals surface area contributed by atoms with Crippen molar-refractivity contribution in [1.29, 1.82) is 0 Å². The molecule has 5 heteroatoms. The smallest absolute Gasteiger partial charge is 0.252 e. The highest BCUT2D eigenvalue weighted by atomic mass is 35.5. The van der Waals surface area contributed by atoms with Crippen LogP contribution in [0.1, 0.15) is 36.7 Å². The molecule has 1 aromatic rings. The highest BCUT2D eigenvalue weighted by Crippen LogP contribution is 2.19. The lowest BCUT2D eigenvalue weighted by Crippen LogP contribution is -2.40. The van der Waals surface area contributed by atoms with Crippen LogP contribution in [-0.2, 0) is 0 Å². The second-order valence-corrected chi connectivity index (χ2v) is 6.18. The molecule has 0 saturated carbocycles. The van der Waals surface area contributed by atoms with Crippen molar-refractivity contribution in [2.24, 2.45) is 0 Å². The summed E-state index contributed by atoms with van der Waals surface area (Å²) in [4.78, 5) is 12.2. The minimum absolute atomic E-state index is 0.100. The predicted octanol–water partition coefficient (Wildman–Crippen LogP) is 2.53. The first-order valence-electron chi connectivity index (χ1n) is 6.64. The molecule has 0 aromatic heterocycles. The largest absolute Gasteiger partial charge is 0.390 e. The van der Waals surface area contributed by atoms with Gasteiger partial charge in [0.1, 0.15) is 0 Å². The summed E-state index contributed by atoms with van der Waals surface area (Å²) in [5.74, 6) is 0.0764. The van der Waals surface area contributed by atoms with Gasteiger partial charge in [0.2, 0.25) is 0 Å². The number of amides is 1. The monoisotopic (exact) mass is 298 g/mol. The van der Waals surface area contributed by atoms with Crippen LogP contribution in [0.5, 0.6) is 0 Å². The first kappa shape index (κ1) is 16.8. The van der Waals surface area contributed by atoms with Gasteiger partial charge in [0, 0.05) is 23.3 Å². The molecule has 1 aromatic carbocycles. The van der Waals surface area contributed by atoms with Crippen molar-refractivity contribution < 1.29 is 9.90 Å². The second-order valence-electron chi connectivity index (χ2n) is 5.87. The summed E-state index contributed by atoms with van der Waals surface area (Å²) in [5, 5.41) is 15.5. The minimum Gasteiger partial charge on any atom is -0.390 e. The fourth-order valence-electron chi connectivity index (χ4n) is 1.76. The molecule has 1 atom stereocenters. The number of halogens is 1. The van der Waals surface area contributed by atoms with E-state index in [4.69, 9.17) is 11.6 Å². The Morgan fingerprint density at radius 1 is 1.40 bits per heavy atom. The predicted molar refractivity (Wildman–Crippen MR) is 83.6 cm³/mol. The first-order valence-corrected chi connectivity index (χ1v) is 7.18. The number of alkyl halides is 1. The molecule has 0 spiro atoms. The molecule has 0 aliphatic heterocycles. The van der Waals surface area contributed by atoms with Gasteiger partial charge in [-0.3, -0.25) is 4.79 Å². The average Bonchev–Trinajstić information content (AvgIpc) is 2.34. The van der Waals surface area contributed by atoms with Gasteiger partial charge in [-0.15, -0.1) is 11.6 Å². The molecular weight excluding hydrogens is 276 g/mol. The number of nitrogens with one attached hydrogen (secondary N) is 2. The van der Waals surface area contributed by atoms with Crippen LogP contribution in [0.4, 0.5) is 5.69 Å². The summed E-state index contributed by atoms with van der Waals surface area (Å²) in [7, 11) is 0. The van der Waals surface area contributed by atoms with E-state index in [1.807, 2.05) is 39.8 Å². The van der Waals surface area contributed by atoms with Crippen molar-refractivity contribution >= 4 is 23.2 Å². The quantitative estimate of drug-likeness (QED) is 0.732. The van der Waals surface area contributed by atoms with E-state index in [0.29, 0.717) is 12.1 Å². The fourth-order valence-corrected chi connectivity index (χ4v) is 1.87. The molecule has 0 heterocycles. The van der Waals surface area contributed by atoms with Gasteiger partial charge in [-0.05, 0) is 45.4 Å². The Hall–Kier alpha value is -1.26. The number of aliphatic hydroxyl groups excluding tert-OH is 1. The highest BCUT2D eigenvalue weighted by Gasteiger charge is 2.17. The van der Waals surface area contributed by atoms with E-state index in [1.165, 1.54) is 0 Å². The molecular formula is C15H23ClN2O2. The summed E-state index contributed by atoms with van der Waals surface area (Å²) >= 11 is 5.56. The van der Waals surface area contributed by atoms with E-state index >= 15 is 0 Å². The summed E-state index contributed by atoms with van der Waals surface area (Å²) in [6, 6.07) is 5.49. The van der Waals surface area contributed by atoms with E-state index < -0.39 is 6.10 Å². The van der Waals surface area contributed by atoms with Crippen molar-refractivity contribution in [2.45, 2.75) is 39.3 Å². The first-order chi connectivity index (χ1) is 9.24. The number of benzene rings is 1. The van der Waals surface area contributed by atoms with E-state index in [-0.39, 0.29) is 17.3 Å². The zero-order chi connectivity index (χ0) is 15.3. The maximum absolute atomic E-state index is 12.2. The Labute approximate surface area is 125 Å². The van der Waals surface area contributed by atoms with E-state index in [1.54, 1.807) is 6.07 Å². The number of carbonyl (C=O) groups is 1. The molecule has 0 bridgehead atoms. The van der Waals surface area contributed by atoms with Crippen molar-refractivity contribution in [3.05, 3.63) is 29.3 Å². The molecule has 4 nitrogen and oxygen atoms in total. The fraction of sp³-hybridized carbons (Fsp3) is 0.533. The van der Waals surface area contributed by atoms with Gasteiger partial charge in [0.05, 0.1) is 12.0 Å². The van der Waals surface area contributed by atoms with Crippen LogP contribution in [0.25, 0.3) is 0 Å². The Bertz CT molecular complexity index is 469. The molecule has 0 radical (unpaired) electrons. The lowest BCUT2D eigenvalue weighted by molar-refractivity contribution is 0.0919. The number of aliphatic hydroxyl groups is 1. The zero-order valence-corrected chi connectivity index (χ0v) is 13.2. The molecule has 0 aliphatic carbocycles. The van der Waals surface area contributed by atoms with Crippen molar-refractivity contribution in [3.63, 3.8) is 0 Å². The van der Waals surface area contributed by atoms with Crippen LogP contribution in [0.3, 0.4) is 0 Å². The maximum Gasteiger partial charge on any atom is 0.252 e. The van der Waals surface area contributed by atoms with Gasteiger partial charge in [-0.1, -0.05) is 6.07 Å². The number of anilines is 1. The number of carbonyl (C=O) groups excluding carboxylic acids is 1. The van der Waals surface area contributed by atoms with Gasteiger partial charge in [-0.2, -0.15) is 0 Å². The van der Waals surface area contributed by atoms with Crippen LogP contribution >= 0.6 is 11.6 Å². The molecule has 0 aliphatic rings. The third-order valence-electron chi connectivity index (χ3n) is 2.77. The van der Waals surface area contributed by atoms with E-state index in [9.17, 15) is 9.90 Å². The van der Waals surface area contributed by atoms with Crippen LogP contribution in [-0.4, -0.2) is 35.1 Å². The van der Waals surface area contributed by atoms with Crippen LogP contribution in [0.2, 0.25) is 0 Å². The highest BCUT2D eigenvalue weighted by molar-refractivity contribution is 6.18. The van der Waals surface area contributed by atoms with E-state index in [0.717, 1.165) is 11.3 Å². The average molecular weight is 299 g/mol. The summed E-state index contributed by atoms with van der Waals surface area (Å²) < 4.78 is 0. The zero-order valence-electron chi connectivity index (χ0n) is 12.5. The SMILES string of the molecule is Cc1c(NCC(O)CCl)cccc1C(=O)NC(C)(C)C. The lowest BCUT2D eigenvalue weighted by Gasteiger charge is -2.22. The lowest BCUT2D eigenvalue weighted by atomic mass is 10.0. The van der Waals surface area contributed by atoms with Crippen molar-refractivity contribution in [3.8, 4) is 0 Å². The van der Waals surface area contributed by atoms with Gasteiger partial charge >= 0.3 is 0 Å². The molecule has 0 fully saturated rings. The van der Waals surface area contributed by atoms with E-state index in [2.05, 4.69) is 10.6 Å². The summed E-state index contributed by atoms with van der Waals surface area (Å²) in [5.41, 5.74) is 2.04. The van der Waals surface area contributed by atoms with Crippen molar-refractivity contribution in [1.82, 2.24) is 5.32 Å². The second kappa shape index (κ2) is 6.95. The topological polar surface area (TPSA) is 61.4 Å². The standard InChI is InChI=1S/C15H23ClN2O2/c1-10-12(14(20)18-15(2,3)4)6-5-7-13(10)17-9-11(19)8-16/h5-7,11,17,19H,8-9H2,1-4H3,(H,18,20). The minimum atomic E-state index is -0.608. The molecule has 1 rings (SSSR count). The van der Waals surface area contributed by atoms with Gasteiger partial charge in [0.15, 0.2) is 0 Å². The van der Waals surface area contributed by atoms with Crippen LogP contribution in [0.15, 0.2) is 18.2 Å². The molecule has 1 amide bonds. The molecule has 112 valence electrons. The molecule has 20 heavy (non-hydrogen) atoms. The Morgan fingerprint density at radius 3 is 2.60 bits per heavy atom. The third-order valence-corrected chi connectivity index (χ3v) is 3.13. The Morgan fingerprint density at radius 2 is 2.05 bits per heavy atom. The number of hydrogen-bond donors (Lipinski definition) is 3. The van der Waals surface area contributed by atoms with Crippen LogP contribution in [0, 0.1) is 6.92 Å². The van der Waals surface area contributed by atoms with Gasteiger partial charge in [-0.25, -0.2) is 0 Å². The normalized spacial score (nSPS) is 12.9. The van der Waals surface area contributed by atoms with Gasteiger partial charge < -0.3 is 15.7 Å². The molecule has 3 N–H and O–H groups in total. The third kappa shape index (κ3) is 5.02. The summed E-state index contributed by atoms with van der Waals surface area (Å²) in [6.07, 6.45) is -0.608. The summed E-state index contributed by atoms with van der Waals surface area (Å²) in [6.45, 7) is 8.07. The maximum atomic E-state index is 12.2. The Balaban J connectivity index is 2.87. The Kier molecular flexibility index (Phi) is 5.84. The van der Waals surface area contributed by atoms with Crippen molar-refractivity contribution in [2.75, 3.05) is 17.7 Å². The number of rotatable bonds is 5.